The first-order valence-electron chi connectivity index (χ1n) is 8.65. The van der Waals surface area contributed by atoms with Crippen molar-refractivity contribution in [1.29, 1.82) is 0 Å². The molecule has 1 aromatic heterocycles. The Labute approximate surface area is 145 Å². The molecule has 2 aliphatic rings. The molecule has 3 rings (SSSR count). The molecule has 2 N–H and O–H groups in total. The van der Waals surface area contributed by atoms with Crippen molar-refractivity contribution in [3.63, 3.8) is 0 Å². The summed E-state index contributed by atoms with van der Waals surface area (Å²) in [6.07, 6.45) is 7.26. The van der Waals surface area contributed by atoms with E-state index in [-0.39, 0.29) is 18.9 Å². The van der Waals surface area contributed by atoms with Gasteiger partial charge in [-0.3, -0.25) is 9.59 Å². The highest BCUT2D eigenvalue weighted by molar-refractivity contribution is 7.09. The van der Waals surface area contributed by atoms with Crippen molar-refractivity contribution in [1.82, 2.24) is 10.3 Å². The lowest BCUT2D eigenvalue weighted by molar-refractivity contribution is -0.140. The van der Waals surface area contributed by atoms with Crippen LogP contribution in [0.4, 0.5) is 0 Å². The van der Waals surface area contributed by atoms with Crippen molar-refractivity contribution in [2.24, 2.45) is 0 Å². The minimum absolute atomic E-state index is 0.127. The normalized spacial score (nSPS) is 25.3. The number of ether oxygens (including phenoxy) is 1. The number of carbonyl (C=O) groups excluding carboxylic acids is 1. The van der Waals surface area contributed by atoms with E-state index < -0.39 is 11.5 Å². The van der Waals surface area contributed by atoms with E-state index in [0.717, 1.165) is 24.3 Å². The lowest BCUT2D eigenvalue weighted by Gasteiger charge is -2.36. The van der Waals surface area contributed by atoms with Gasteiger partial charge in [-0.25, -0.2) is 4.98 Å². The van der Waals surface area contributed by atoms with Crippen LogP contribution in [0.5, 0.6) is 0 Å². The highest BCUT2D eigenvalue weighted by Crippen LogP contribution is 2.34. The monoisotopic (exact) mass is 352 g/mol. The smallest absolute Gasteiger partial charge is 0.305 e. The number of nitrogens with zero attached hydrogens (tertiary/aromatic N) is 1. The maximum Gasteiger partial charge on any atom is 0.305 e. The third-order valence-corrected chi connectivity index (χ3v) is 5.91. The summed E-state index contributed by atoms with van der Waals surface area (Å²) in [5.74, 6) is -0.752. The van der Waals surface area contributed by atoms with Gasteiger partial charge in [-0.05, 0) is 25.7 Å². The van der Waals surface area contributed by atoms with Gasteiger partial charge in [0.1, 0.15) is 5.69 Å². The number of hydrogen-bond acceptors (Lipinski definition) is 5. The van der Waals surface area contributed by atoms with Crippen molar-refractivity contribution in [2.45, 2.75) is 62.8 Å². The minimum atomic E-state index is -0.929. The molecule has 0 aromatic carbocycles. The third-order valence-electron chi connectivity index (χ3n) is 4.90. The topological polar surface area (TPSA) is 88.5 Å². The van der Waals surface area contributed by atoms with Crippen LogP contribution < -0.4 is 5.32 Å². The van der Waals surface area contributed by atoms with E-state index in [0.29, 0.717) is 24.6 Å². The first-order chi connectivity index (χ1) is 11.6. The highest BCUT2D eigenvalue weighted by Gasteiger charge is 2.37. The van der Waals surface area contributed by atoms with Gasteiger partial charge in [0.15, 0.2) is 0 Å². The van der Waals surface area contributed by atoms with Gasteiger partial charge in [-0.2, -0.15) is 0 Å². The molecule has 132 valence electrons. The number of aromatic nitrogens is 1. The fourth-order valence-electron chi connectivity index (χ4n) is 3.66. The second-order valence-corrected chi connectivity index (χ2v) is 7.76. The van der Waals surface area contributed by atoms with Gasteiger partial charge >= 0.3 is 5.97 Å². The number of carboxylic acid groups (broad SMARTS) is 1. The van der Waals surface area contributed by atoms with Crippen molar-refractivity contribution in [2.75, 3.05) is 13.2 Å². The summed E-state index contributed by atoms with van der Waals surface area (Å²) in [7, 11) is 0. The van der Waals surface area contributed by atoms with Crippen LogP contribution in [0.25, 0.3) is 0 Å². The van der Waals surface area contributed by atoms with E-state index >= 15 is 0 Å². The molecule has 0 spiro atoms. The number of carboxylic acids is 1. The first kappa shape index (κ1) is 17.4. The molecule has 1 saturated heterocycles. The molecule has 1 aliphatic carbocycles. The zero-order valence-electron chi connectivity index (χ0n) is 13.8. The number of carbonyl (C=O) groups is 2. The summed E-state index contributed by atoms with van der Waals surface area (Å²) in [6.45, 7) is 0.852. The van der Waals surface area contributed by atoms with Crippen molar-refractivity contribution >= 4 is 23.2 Å². The predicted molar refractivity (Wildman–Crippen MR) is 90.4 cm³/mol. The second kappa shape index (κ2) is 7.61. The van der Waals surface area contributed by atoms with Crippen LogP contribution in [-0.2, 0) is 9.53 Å². The summed E-state index contributed by atoms with van der Waals surface area (Å²) < 4.78 is 5.43. The molecule has 2 heterocycles. The second-order valence-electron chi connectivity index (χ2n) is 6.87. The Morgan fingerprint density at radius 1 is 1.33 bits per heavy atom. The molecule has 1 aliphatic heterocycles. The van der Waals surface area contributed by atoms with Gasteiger partial charge in [0.05, 0.1) is 23.6 Å². The Kier molecular flexibility index (Phi) is 5.50. The van der Waals surface area contributed by atoms with Gasteiger partial charge in [-0.15, -0.1) is 11.3 Å². The van der Waals surface area contributed by atoms with Gasteiger partial charge in [0.2, 0.25) is 0 Å². The SMILES string of the molecule is O=C(O)CC1(NC(=O)c2csc(C3CCCCC3)n2)CCCOC1. The Morgan fingerprint density at radius 2 is 2.12 bits per heavy atom. The first-order valence-corrected chi connectivity index (χ1v) is 9.53. The summed E-state index contributed by atoms with van der Waals surface area (Å²) in [5.41, 5.74) is -0.425. The minimum Gasteiger partial charge on any atom is -0.481 e. The molecule has 24 heavy (non-hydrogen) atoms. The summed E-state index contributed by atoms with van der Waals surface area (Å²) >= 11 is 1.54. The maximum atomic E-state index is 12.6. The predicted octanol–water partition coefficient (Wildman–Crippen LogP) is 2.94. The fourth-order valence-corrected chi connectivity index (χ4v) is 4.63. The number of nitrogens with one attached hydrogen (secondary N) is 1. The van der Waals surface area contributed by atoms with Crippen molar-refractivity contribution < 1.29 is 19.4 Å². The van der Waals surface area contributed by atoms with E-state index in [1.54, 1.807) is 5.38 Å². The van der Waals surface area contributed by atoms with Gasteiger partial charge in [0.25, 0.3) is 5.91 Å². The Hall–Kier alpha value is -1.47. The summed E-state index contributed by atoms with van der Waals surface area (Å²) in [6, 6.07) is 0. The lowest BCUT2D eigenvalue weighted by atomic mass is 9.88. The maximum absolute atomic E-state index is 12.6. The zero-order chi connectivity index (χ0) is 17.0. The fraction of sp³-hybridized carbons (Fsp3) is 0.706. The molecule has 1 atom stereocenters. The van der Waals surface area contributed by atoms with Gasteiger partial charge < -0.3 is 15.2 Å². The number of hydrogen-bond donors (Lipinski definition) is 2. The number of amides is 1. The summed E-state index contributed by atoms with van der Waals surface area (Å²) in [5, 5.41) is 14.9. The lowest BCUT2D eigenvalue weighted by Crippen LogP contribution is -2.55. The molecule has 2 fully saturated rings. The average Bonchev–Trinajstić information content (AvgIpc) is 3.06. The van der Waals surface area contributed by atoms with Crippen molar-refractivity contribution in [3.8, 4) is 0 Å². The van der Waals surface area contributed by atoms with Crippen LogP contribution in [-0.4, -0.2) is 40.7 Å². The molecule has 6 nitrogen and oxygen atoms in total. The van der Waals surface area contributed by atoms with E-state index in [4.69, 9.17) is 9.84 Å². The Morgan fingerprint density at radius 3 is 2.79 bits per heavy atom. The van der Waals surface area contributed by atoms with E-state index in [9.17, 15) is 9.59 Å². The van der Waals surface area contributed by atoms with E-state index in [2.05, 4.69) is 10.3 Å². The number of thiazole rings is 1. The average molecular weight is 352 g/mol. The largest absolute Gasteiger partial charge is 0.481 e. The molecule has 1 saturated carbocycles. The number of rotatable bonds is 5. The molecule has 7 heteroatoms. The molecular formula is C17H24N2O4S. The molecule has 0 bridgehead atoms. The molecule has 1 aromatic rings. The third kappa shape index (κ3) is 4.13. The highest BCUT2D eigenvalue weighted by atomic mass is 32.1. The van der Waals surface area contributed by atoms with Crippen LogP contribution in [0.3, 0.4) is 0 Å². The molecular weight excluding hydrogens is 328 g/mol. The zero-order valence-corrected chi connectivity index (χ0v) is 14.6. The van der Waals surface area contributed by atoms with Crippen LogP contribution >= 0.6 is 11.3 Å². The summed E-state index contributed by atoms with van der Waals surface area (Å²) in [4.78, 5) is 28.3. The van der Waals surface area contributed by atoms with Crippen LogP contribution in [0.15, 0.2) is 5.38 Å². The molecule has 0 radical (unpaired) electrons. The quantitative estimate of drug-likeness (QED) is 0.850. The van der Waals surface area contributed by atoms with Gasteiger partial charge in [-0.1, -0.05) is 19.3 Å². The number of aliphatic carboxylic acids is 1. The van der Waals surface area contributed by atoms with Crippen LogP contribution in [0, 0.1) is 0 Å². The van der Waals surface area contributed by atoms with Crippen LogP contribution in [0.1, 0.15) is 72.8 Å². The van der Waals surface area contributed by atoms with E-state index in [1.165, 1.54) is 30.6 Å². The van der Waals surface area contributed by atoms with Crippen molar-refractivity contribution in [3.05, 3.63) is 16.1 Å². The Balaban J connectivity index is 1.68. The van der Waals surface area contributed by atoms with Gasteiger partial charge in [0, 0.05) is 17.9 Å². The standard InChI is InChI=1S/C17H24N2O4S/c20-14(21)9-17(7-4-8-23-11-17)19-15(22)13-10-24-16(18-13)12-5-2-1-3-6-12/h10,12H,1-9,11H2,(H,19,22)(H,20,21). The Bertz CT molecular complexity index is 589. The molecule has 1 amide bonds. The van der Waals surface area contributed by atoms with Crippen LogP contribution in [0.2, 0.25) is 0 Å². The molecule has 1 unspecified atom stereocenters. The van der Waals surface area contributed by atoms with E-state index in [1.807, 2.05) is 0 Å².